The summed E-state index contributed by atoms with van der Waals surface area (Å²) in [5.74, 6) is 2.09. The van der Waals surface area contributed by atoms with Crippen molar-refractivity contribution in [3.05, 3.63) is 47.5 Å². The number of amides is 1. The van der Waals surface area contributed by atoms with Crippen LogP contribution in [-0.2, 0) is 11.3 Å². The van der Waals surface area contributed by atoms with Crippen LogP contribution in [0.2, 0.25) is 0 Å². The number of methoxy groups -OCH3 is 3. The Morgan fingerprint density at radius 1 is 0.960 bits per heavy atom. The van der Waals surface area contributed by atoms with Crippen LogP contribution in [0.1, 0.15) is 11.1 Å². The number of carbonyl (C=O) groups excluding carboxylic acids is 1. The molecule has 2 aromatic carbocycles. The minimum Gasteiger partial charge on any atom is -0.493 e. The molecule has 0 aliphatic rings. The summed E-state index contributed by atoms with van der Waals surface area (Å²) in [6.45, 7) is 2.21. The molecule has 6 nitrogen and oxygen atoms in total. The number of benzene rings is 2. The third kappa shape index (κ3) is 4.79. The summed E-state index contributed by atoms with van der Waals surface area (Å²) in [5, 5.41) is 2.81. The summed E-state index contributed by atoms with van der Waals surface area (Å²) in [5.41, 5.74) is 1.82. The molecule has 25 heavy (non-hydrogen) atoms. The largest absolute Gasteiger partial charge is 0.493 e. The number of carbonyl (C=O) groups is 1. The lowest BCUT2D eigenvalue weighted by atomic mass is 10.1. The maximum absolute atomic E-state index is 12.0. The number of hydrogen-bond acceptors (Lipinski definition) is 5. The van der Waals surface area contributed by atoms with Crippen molar-refractivity contribution in [3.8, 4) is 23.0 Å². The average Bonchev–Trinajstić information content (AvgIpc) is 2.64. The first-order chi connectivity index (χ1) is 12.1. The molecule has 0 bridgehead atoms. The molecule has 0 saturated carbocycles. The Labute approximate surface area is 147 Å². The van der Waals surface area contributed by atoms with E-state index in [1.165, 1.54) is 0 Å². The van der Waals surface area contributed by atoms with E-state index in [1.54, 1.807) is 33.5 Å². The van der Waals surface area contributed by atoms with Gasteiger partial charge in [0.2, 0.25) is 5.75 Å². The van der Waals surface area contributed by atoms with E-state index in [2.05, 4.69) is 5.32 Å². The van der Waals surface area contributed by atoms with Crippen LogP contribution in [0, 0.1) is 6.92 Å². The Hall–Kier alpha value is -2.89. The zero-order valence-electron chi connectivity index (χ0n) is 14.9. The molecular weight excluding hydrogens is 322 g/mol. The fourth-order valence-electron chi connectivity index (χ4n) is 2.35. The maximum Gasteiger partial charge on any atom is 0.258 e. The van der Waals surface area contributed by atoms with Crippen molar-refractivity contribution in [1.29, 1.82) is 0 Å². The Bertz CT molecular complexity index is 704. The van der Waals surface area contributed by atoms with Crippen LogP contribution < -0.4 is 24.3 Å². The smallest absolute Gasteiger partial charge is 0.258 e. The molecule has 0 aromatic heterocycles. The molecule has 0 heterocycles. The number of ether oxygens (including phenoxy) is 4. The number of para-hydroxylation sites is 1. The fourth-order valence-corrected chi connectivity index (χ4v) is 2.35. The summed E-state index contributed by atoms with van der Waals surface area (Å²) in [7, 11) is 4.65. The lowest BCUT2D eigenvalue weighted by Gasteiger charge is -2.14. The lowest BCUT2D eigenvalue weighted by molar-refractivity contribution is -0.123. The van der Waals surface area contributed by atoms with E-state index in [0.29, 0.717) is 29.5 Å². The van der Waals surface area contributed by atoms with Gasteiger partial charge in [0.15, 0.2) is 18.1 Å². The van der Waals surface area contributed by atoms with Gasteiger partial charge in [-0.05, 0) is 36.2 Å². The second-order valence-corrected chi connectivity index (χ2v) is 5.36. The lowest BCUT2D eigenvalue weighted by Crippen LogP contribution is -2.28. The second-order valence-electron chi connectivity index (χ2n) is 5.36. The van der Waals surface area contributed by atoms with Crippen LogP contribution in [-0.4, -0.2) is 33.8 Å². The highest BCUT2D eigenvalue weighted by Crippen LogP contribution is 2.38. The summed E-state index contributed by atoms with van der Waals surface area (Å²) in [6, 6.07) is 11.2. The standard InChI is InChI=1S/C19H23NO5/c1-13-7-5-6-8-15(13)25-12-18(21)20-11-14-9-16(22-2)19(24-4)17(10-14)23-3/h5-10H,11-12H2,1-4H3,(H,20,21). The van der Waals surface area contributed by atoms with Crippen LogP contribution >= 0.6 is 0 Å². The zero-order chi connectivity index (χ0) is 18.2. The van der Waals surface area contributed by atoms with Gasteiger partial charge in [-0.15, -0.1) is 0 Å². The van der Waals surface area contributed by atoms with Crippen LogP contribution in [0.15, 0.2) is 36.4 Å². The monoisotopic (exact) mass is 345 g/mol. The SMILES string of the molecule is COc1cc(CNC(=O)COc2ccccc2C)cc(OC)c1OC. The highest BCUT2D eigenvalue weighted by molar-refractivity contribution is 5.77. The molecule has 0 unspecified atom stereocenters. The Morgan fingerprint density at radius 2 is 1.60 bits per heavy atom. The van der Waals surface area contributed by atoms with Crippen molar-refractivity contribution in [2.75, 3.05) is 27.9 Å². The van der Waals surface area contributed by atoms with E-state index < -0.39 is 0 Å². The van der Waals surface area contributed by atoms with E-state index in [4.69, 9.17) is 18.9 Å². The molecular formula is C19H23NO5. The van der Waals surface area contributed by atoms with Gasteiger partial charge in [0, 0.05) is 6.54 Å². The van der Waals surface area contributed by atoms with E-state index in [-0.39, 0.29) is 12.5 Å². The van der Waals surface area contributed by atoms with Crippen LogP contribution in [0.25, 0.3) is 0 Å². The van der Waals surface area contributed by atoms with Gasteiger partial charge in [-0.25, -0.2) is 0 Å². The topological polar surface area (TPSA) is 66.0 Å². The highest BCUT2D eigenvalue weighted by atomic mass is 16.5. The van der Waals surface area contributed by atoms with Gasteiger partial charge in [-0.3, -0.25) is 4.79 Å². The van der Waals surface area contributed by atoms with Crippen LogP contribution in [0.4, 0.5) is 0 Å². The quantitative estimate of drug-likeness (QED) is 0.797. The van der Waals surface area contributed by atoms with E-state index in [9.17, 15) is 4.79 Å². The first kappa shape index (κ1) is 18.4. The van der Waals surface area contributed by atoms with Crippen molar-refractivity contribution in [2.45, 2.75) is 13.5 Å². The Kier molecular flexibility index (Phi) is 6.51. The van der Waals surface area contributed by atoms with Gasteiger partial charge < -0.3 is 24.3 Å². The Morgan fingerprint density at radius 3 is 2.16 bits per heavy atom. The van der Waals surface area contributed by atoms with Crippen molar-refractivity contribution in [2.24, 2.45) is 0 Å². The summed E-state index contributed by atoms with van der Waals surface area (Å²) in [4.78, 5) is 12.0. The van der Waals surface area contributed by atoms with Crippen LogP contribution in [0.3, 0.4) is 0 Å². The number of hydrogen-bond donors (Lipinski definition) is 1. The summed E-state index contributed by atoms with van der Waals surface area (Å²) >= 11 is 0. The number of aryl methyl sites for hydroxylation is 1. The molecule has 0 spiro atoms. The molecule has 134 valence electrons. The third-order valence-electron chi connectivity index (χ3n) is 3.67. The minimum absolute atomic E-state index is 0.0464. The predicted octanol–water partition coefficient (Wildman–Crippen LogP) is 2.72. The van der Waals surface area contributed by atoms with Crippen molar-refractivity contribution in [3.63, 3.8) is 0 Å². The van der Waals surface area contributed by atoms with Gasteiger partial charge in [0.25, 0.3) is 5.91 Å². The second kappa shape index (κ2) is 8.82. The molecule has 1 N–H and O–H groups in total. The zero-order valence-corrected chi connectivity index (χ0v) is 14.9. The molecule has 0 fully saturated rings. The van der Waals surface area contributed by atoms with Crippen molar-refractivity contribution >= 4 is 5.91 Å². The number of nitrogens with one attached hydrogen (secondary N) is 1. The third-order valence-corrected chi connectivity index (χ3v) is 3.67. The van der Waals surface area contributed by atoms with Crippen LogP contribution in [0.5, 0.6) is 23.0 Å². The molecule has 0 aliphatic heterocycles. The van der Waals surface area contributed by atoms with Crippen molar-refractivity contribution in [1.82, 2.24) is 5.32 Å². The summed E-state index contributed by atoms with van der Waals surface area (Å²) < 4.78 is 21.4. The van der Waals surface area contributed by atoms with E-state index in [0.717, 1.165) is 11.1 Å². The van der Waals surface area contributed by atoms with Gasteiger partial charge >= 0.3 is 0 Å². The van der Waals surface area contributed by atoms with E-state index in [1.807, 2.05) is 31.2 Å². The molecule has 0 radical (unpaired) electrons. The number of rotatable bonds is 8. The molecule has 2 aromatic rings. The Balaban J connectivity index is 1.96. The van der Waals surface area contributed by atoms with Crippen molar-refractivity contribution < 1.29 is 23.7 Å². The first-order valence-corrected chi connectivity index (χ1v) is 7.83. The molecule has 1 amide bonds. The first-order valence-electron chi connectivity index (χ1n) is 7.83. The van der Waals surface area contributed by atoms with Gasteiger partial charge in [-0.2, -0.15) is 0 Å². The van der Waals surface area contributed by atoms with Gasteiger partial charge in [0.1, 0.15) is 5.75 Å². The molecule has 0 saturated heterocycles. The van der Waals surface area contributed by atoms with Gasteiger partial charge in [0.05, 0.1) is 21.3 Å². The molecule has 0 atom stereocenters. The average molecular weight is 345 g/mol. The molecule has 6 heteroatoms. The molecule has 0 aliphatic carbocycles. The van der Waals surface area contributed by atoms with Gasteiger partial charge in [-0.1, -0.05) is 18.2 Å². The predicted molar refractivity (Wildman–Crippen MR) is 94.6 cm³/mol. The fraction of sp³-hybridized carbons (Fsp3) is 0.316. The normalized spacial score (nSPS) is 10.1. The highest BCUT2D eigenvalue weighted by Gasteiger charge is 2.13. The van der Waals surface area contributed by atoms with E-state index >= 15 is 0 Å². The minimum atomic E-state index is -0.211. The summed E-state index contributed by atoms with van der Waals surface area (Å²) in [6.07, 6.45) is 0. The maximum atomic E-state index is 12.0. The molecule has 2 rings (SSSR count).